The molecule has 0 aliphatic heterocycles. The molecule has 0 saturated carbocycles. The Morgan fingerprint density at radius 2 is 1.48 bits per heavy atom. The van der Waals surface area contributed by atoms with Crippen LogP contribution in [-0.2, 0) is 0 Å². The first-order chi connectivity index (χ1) is 11.9. The molecular formula is C22H31NO2. The normalized spacial score (nSPS) is 12.0. The van der Waals surface area contributed by atoms with E-state index in [1.807, 2.05) is 0 Å². The van der Waals surface area contributed by atoms with E-state index in [-0.39, 0.29) is 0 Å². The molecule has 0 bridgehead atoms. The zero-order chi connectivity index (χ0) is 18.7. The molecule has 0 saturated heterocycles. The highest BCUT2D eigenvalue weighted by Crippen LogP contribution is 2.14. The van der Waals surface area contributed by atoms with Crippen molar-refractivity contribution in [2.45, 2.75) is 53.4 Å². The SMILES string of the molecule is CC(C)=CCCC(C)=CCCC(C)=CCOc1ccc(C(N)=O)cc1. The van der Waals surface area contributed by atoms with Crippen LogP contribution in [0.2, 0.25) is 0 Å². The number of amides is 1. The molecule has 0 unspecified atom stereocenters. The lowest BCUT2D eigenvalue weighted by molar-refractivity contribution is 0.100. The fourth-order valence-electron chi connectivity index (χ4n) is 2.33. The summed E-state index contributed by atoms with van der Waals surface area (Å²) in [6.07, 6.45) is 11.1. The molecule has 3 heteroatoms. The molecule has 2 N–H and O–H groups in total. The van der Waals surface area contributed by atoms with Gasteiger partial charge in [-0.05, 0) is 83.7 Å². The fourth-order valence-corrected chi connectivity index (χ4v) is 2.33. The van der Waals surface area contributed by atoms with E-state index >= 15 is 0 Å². The van der Waals surface area contributed by atoms with E-state index in [2.05, 4.69) is 45.9 Å². The molecule has 3 nitrogen and oxygen atoms in total. The van der Waals surface area contributed by atoms with Crippen LogP contribution in [0.3, 0.4) is 0 Å². The quantitative estimate of drug-likeness (QED) is 0.564. The number of allylic oxidation sites excluding steroid dienone is 5. The Labute approximate surface area is 152 Å². The summed E-state index contributed by atoms with van der Waals surface area (Å²) in [7, 11) is 0. The van der Waals surface area contributed by atoms with Gasteiger partial charge in [0.1, 0.15) is 12.4 Å². The van der Waals surface area contributed by atoms with Crippen LogP contribution >= 0.6 is 0 Å². The van der Waals surface area contributed by atoms with Crippen LogP contribution < -0.4 is 10.5 Å². The largest absolute Gasteiger partial charge is 0.490 e. The zero-order valence-corrected chi connectivity index (χ0v) is 16.0. The van der Waals surface area contributed by atoms with Gasteiger partial charge in [-0.1, -0.05) is 28.9 Å². The van der Waals surface area contributed by atoms with E-state index in [1.54, 1.807) is 24.3 Å². The van der Waals surface area contributed by atoms with Gasteiger partial charge in [-0.15, -0.1) is 0 Å². The molecule has 0 heterocycles. The first-order valence-corrected chi connectivity index (χ1v) is 8.85. The Bertz CT molecular complexity index is 632. The second kappa shape index (κ2) is 11.3. The molecule has 0 spiro atoms. The zero-order valence-electron chi connectivity index (χ0n) is 16.0. The van der Waals surface area contributed by atoms with Crippen molar-refractivity contribution in [3.8, 4) is 5.75 Å². The third kappa shape index (κ3) is 9.55. The van der Waals surface area contributed by atoms with Crippen molar-refractivity contribution in [1.82, 2.24) is 0 Å². The molecule has 0 aliphatic rings. The Hall–Kier alpha value is -2.29. The number of carbonyl (C=O) groups is 1. The van der Waals surface area contributed by atoms with Gasteiger partial charge in [-0.25, -0.2) is 0 Å². The number of hydrogen-bond acceptors (Lipinski definition) is 2. The molecule has 1 amide bonds. The van der Waals surface area contributed by atoms with Crippen LogP contribution in [0, 0.1) is 0 Å². The minimum Gasteiger partial charge on any atom is -0.490 e. The van der Waals surface area contributed by atoms with Gasteiger partial charge in [0.25, 0.3) is 0 Å². The maximum atomic E-state index is 11.0. The molecule has 0 fully saturated rings. The van der Waals surface area contributed by atoms with E-state index in [4.69, 9.17) is 10.5 Å². The Morgan fingerprint density at radius 1 is 0.920 bits per heavy atom. The molecule has 0 aromatic heterocycles. The van der Waals surface area contributed by atoms with Gasteiger partial charge >= 0.3 is 0 Å². The highest BCUT2D eigenvalue weighted by Gasteiger charge is 1.99. The molecule has 0 aliphatic carbocycles. The summed E-state index contributed by atoms with van der Waals surface area (Å²) in [6, 6.07) is 6.89. The van der Waals surface area contributed by atoms with Crippen molar-refractivity contribution >= 4 is 5.91 Å². The first kappa shape index (κ1) is 20.8. The average Bonchev–Trinajstić information content (AvgIpc) is 2.55. The monoisotopic (exact) mass is 341 g/mol. The number of primary amides is 1. The highest BCUT2D eigenvalue weighted by molar-refractivity contribution is 5.92. The third-order valence-corrected chi connectivity index (χ3v) is 3.94. The predicted molar refractivity (Wildman–Crippen MR) is 106 cm³/mol. The van der Waals surface area contributed by atoms with Crippen LogP contribution in [0.25, 0.3) is 0 Å². The van der Waals surface area contributed by atoms with Crippen molar-refractivity contribution in [3.05, 3.63) is 64.8 Å². The van der Waals surface area contributed by atoms with E-state index in [0.29, 0.717) is 12.2 Å². The molecular weight excluding hydrogens is 310 g/mol. The number of hydrogen-bond donors (Lipinski definition) is 1. The molecule has 0 radical (unpaired) electrons. The van der Waals surface area contributed by atoms with Crippen molar-refractivity contribution in [3.63, 3.8) is 0 Å². The van der Waals surface area contributed by atoms with E-state index in [1.165, 1.54) is 16.7 Å². The van der Waals surface area contributed by atoms with E-state index in [0.717, 1.165) is 31.4 Å². The second-order valence-corrected chi connectivity index (χ2v) is 6.66. The molecule has 25 heavy (non-hydrogen) atoms. The van der Waals surface area contributed by atoms with Crippen LogP contribution in [0.4, 0.5) is 0 Å². The van der Waals surface area contributed by atoms with Gasteiger partial charge in [-0.2, -0.15) is 0 Å². The standard InChI is InChI=1S/C22H31NO2/c1-17(2)7-5-8-18(3)9-6-10-19(4)15-16-25-21-13-11-20(12-14-21)22(23)24/h7,9,11-15H,5-6,8,10,16H2,1-4H3,(H2,23,24). The summed E-state index contributed by atoms with van der Waals surface area (Å²) in [5.41, 5.74) is 9.87. The summed E-state index contributed by atoms with van der Waals surface area (Å²) in [4.78, 5) is 11.0. The summed E-state index contributed by atoms with van der Waals surface area (Å²) in [5, 5.41) is 0. The van der Waals surface area contributed by atoms with Crippen LogP contribution in [0.5, 0.6) is 5.75 Å². The summed E-state index contributed by atoms with van der Waals surface area (Å²) < 4.78 is 5.66. The highest BCUT2D eigenvalue weighted by atomic mass is 16.5. The maximum Gasteiger partial charge on any atom is 0.248 e. The van der Waals surface area contributed by atoms with Gasteiger partial charge in [0, 0.05) is 5.56 Å². The maximum absolute atomic E-state index is 11.0. The van der Waals surface area contributed by atoms with E-state index < -0.39 is 5.91 Å². The number of benzene rings is 1. The molecule has 136 valence electrons. The number of rotatable bonds is 10. The minimum absolute atomic E-state index is 0.425. The van der Waals surface area contributed by atoms with E-state index in [9.17, 15) is 4.79 Å². The van der Waals surface area contributed by atoms with Crippen LogP contribution in [-0.4, -0.2) is 12.5 Å². The Kier molecular flexibility index (Phi) is 9.38. The summed E-state index contributed by atoms with van der Waals surface area (Å²) in [6.45, 7) is 9.15. The third-order valence-electron chi connectivity index (χ3n) is 3.94. The first-order valence-electron chi connectivity index (χ1n) is 8.85. The minimum atomic E-state index is -0.425. The lowest BCUT2D eigenvalue weighted by Crippen LogP contribution is -2.10. The smallest absolute Gasteiger partial charge is 0.248 e. The van der Waals surface area contributed by atoms with Crippen LogP contribution in [0.15, 0.2) is 59.2 Å². The predicted octanol–water partition coefficient (Wildman–Crippen LogP) is 5.58. The van der Waals surface area contributed by atoms with Crippen LogP contribution in [0.1, 0.15) is 63.7 Å². The fraction of sp³-hybridized carbons (Fsp3) is 0.409. The van der Waals surface area contributed by atoms with Gasteiger partial charge in [0.05, 0.1) is 0 Å². The van der Waals surface area contributed by atoms with Gasteiger partial charge in [0.15, 0.2) is 0 Å². The molecule has 1 aromatic rings. The van der Waals surface area contributed by atoms with Gasteiger partial charge < -0.3 is 10.5 Å². The Morgan fingerprint density at radius 3 is 2.04 bits per heavy atom. The molecule has 0 atom stereocenters. The van der Waals surface area contributed by atoms with Gasteiger partial charge in [-0.3, -0.25) is 4.79 Å². The number of nitrogens with two attached hydrogens (primary N) is 1. The number of ether oxygens (including phenoxy) is 1. The average molecular weight is 341 g/mol. The number of carbonyl (C=O) groups excluding carboxylic acids is 1. The lowest BCUT2D eigenvalue weighted by atomic mass is 10.1. The van der Waals surface area contributed by atoms with Crippen molar-refractivity contribution in [2.24, 2.45) is 5.73 Å². The van der Waals surface area contributed by atoms with Crippen molar-refractivity contribution in [1.29, 1.82) is 0 Å². The van der Waals surface area contributed by atoms with Gasteiger partial charge in [0.2, 0.25) is 5.91 Å². The summed E-state index contributed by atoms with van der Waals surface area (Å²) in [5.74, 6) is 0.315. The lowest BCUT2D eigenvalue weighted by Gasteiger charge is -2.05. The van der Waals surface area contributed by atoms with Crippen molar-refractivity contribution < 1.29 is 9.53 Å². The van der Waals surface area contributed by atoms with Crippen molar-refractivity contribution in [2.75, 3.05) is 6.61 Å². The Balaban J connectivity index is 2.31. The molecule has 1 aromatic carbocycles. The molecule has 1 rings (SSSR count). The topological polar surface area (TPSA) is 52.3 Å². The second-order valence-electron chi connectivity index (χ2n) is 6.66. The summed E-state index contributed by atoms with van der Waals surface area (Å²) >= 11 is 0.